The van der Waals surface area contributed by atoms with Gasteiger partial charge in [0.25, 0.3) is 0 Å². The normalized spacial score (nSPS) is 11.0. The number of hydrogen-bond acceptors (Lipinski definition) is 4. The van der Waals surface area contributed by atoms with E-state index in [1.165, 1.54) is 5.56 Å². The van der Waals surface area contributed by atoms with Gasteiger partial charge in [0, 0.05) is 49.9 Å². The predicted octanol–water partition coefficient (Wildman–Crippen LogP) is 7.66. The number of nitrogens with zero attached hydrogens (tertiary/aromatic N) is 3. The molecule has 0 saturated heterocycles. The summed E-state index contributed by atoms with van der Waals surface area (Å²) in [5.74, 6) is 1.30. The molecular weight excluding hydrogens is 653 g/mol. The van der Waals surface area contributed by atoms with Crippen molar-refractivity contribution in [3.63, 3.8) is 0 Å². The molecule has 6 rings (SSSR count). The summed E-state index contributed by atoms with van der Waals surface area (Å²) in [6, 6.07) is 30.9. The van der Waals surface area contributed by atoms with Crippen LogP contribution in [0.25, 0.3) is 38.9 Å². The van der Waals surface area contributed by atoms with E-state index in [1.807, 2.05) is 54.6 Å². The van der Waals surface area contributed by atoms with Gasteiger partial charge < -0.3 is 9.84 Å². The van der Waals surface area contributed by atoms with Crippen molar-refractivity contribution in [2.45, 2.75) is 26.7 Å². The number of aromatic hydroxyl groups is 1. The molecule has 5 nitrogen and oxygen atoms in total. The van der Waals surface area contributed by atoms with Gasteiger partial charge in [0.2, 0.25) is 5.88 Å². The van der Waals surface area contributed by atoms with Gasteiger partial charge in [-0.3, -0.25) is 9.55 Å². The molecule has 0 spiro atoms. The Morgan fingerprint density at radius 1 is 0.868 bits per heavy atom. The number of phenolic OH excluding ortho intramolecular Hbond substituents is 1. The first-order chi connectivity index (χ1) is 18.2. The average molecular weight is 680 g/mol. The molecule has 0 aliphatic heterocycles. The van der Waals surface area contributed by atoms with Crippen molar-refractivity contribution >= 4 is 21.9 Å². The van der Waals surface area contributed by atoms with E-state index >= 15 is 0 Å². The number of phenols is 1. The van der Waals surface area contributed by atoms with Crippen molar-refractivity contribution in [3.8, 4) is 34.3 Å². The van der Waals surface area contributed by atoms with Crippen molar-refractivity contribution in [2.24, 2.45) is 0 Å². The quantitative estimate of drug-likeness (QED) is 0.184. The third-order valence-corrected chi connectivity index (χ3v) is 6.67. The molecule has 0 unspecified atom stereocenters. The van der Waals surface area contributed by atoms with Crippen LogP contribution < -0.4 is 4.74 Å². The van der Waals surface area contributed by atoms with E-state index in [-0.39, 0.29) is 26.8 Å². The minimum Gasteiger partial charge on any atom is -0.506 e. The van der Waals surface area contributed by atoms with Gasteiger partial charge in [-0.05, 0) is 54.4 Å². The van der Waals surface area contributed by atoms with E-state index in [4.69, 9.17) is 9.72 Å². The van der Waals surface area contributed by atoms with Crippen molar-refractivity contribution in [2.75, 3.05) is 0 Å². The second-order valence-electron chi connectivity index (χ2n) is 8.95. The van der Waals surface area contributed by atoms with Gasteiger partial charge in [-0.15, -0.1) is 23.8 Å². The molecule has 6 aromatic rings. The van der Waals surface area contributed by atoms with Crippen LogP contribution >= 0.6 is 0 Å². The maximum Gasteiger partial charge on any atom is 0.217 e. The average Bonchev–Trinajstić information content (AvgIpc) is 3.25. The molecular formula is C32H26N3O2Pt-. The summed E-state index contributed by atoms with van der Waals surface area (Å²) in [4.78, 5) is 9.48. The summed E-state index contributed by atoms with van der Waals surface area (Å²) in [5.41, 5.74) is 6.58. The molecule has 0 aliphatic rings. The Morgan fingerprint density at radius 3 is 2.47 bits per heavy atom. The molecule has 1 N–H and O–H groups in total. The Kier molecular flexibility index (Phi) is 7.30. The Balaban J connectivity index is 0.00000294. The number of ether oxygens (including phenoxy) is 1. The zero-order valence-corrected chi connectivity index (χ0v) is 23.4. The molecule has 0 fully saturated rings. The SMILES string of the molecule is CCc1ccc2c(c1)c1cc(CC)c(-c3[c-]c(Oc4ccccn4)ccc3)nc1n2-c1ccccc1O.[Pt]. The van der Waals surface area contributed by atoms with E-state index in [1.54, 1.807) is 12.3 Å². The summed E-state index contributed by atoms with van der Waals surface area (Å²) in [5, 5.41) is 13.0. The van der Waals surface area contributed by atoms with E-state index in [0.29, 0.717) is 17.3 Å². The topological polar surface area (TPSA) is 60.2 Å². The van der Waals surface area contributed by atoms with E-state index in [9.17, 15) is 5.11 Å². The first-order valence-corrected chi connectivity index (χ1v) is 12.5. The standard InChI is InChI=1S/C32H26N3O2.Pt/c1-3-21-15-16-27-25(18-21)26-20-22(4-2)31(34-32(26)35(27)28-12-5-6-13-29(28)36)23-10-9-11-24(19-23)37-30-14-7-8-17-33-30;/h5-18,20,36H,3-4H2,1-2H3;/q-1;. The summed E-state index contributed by atoms with van der Waals surface area (Å²) < 4.78 is 8.00. The van der Waals surface area contributed by atoms with Gasteiger partial charge in [0.1, 0.15) is 11.4 Å². The second-order valence-corrected chi connectivity index (χ2v) is 8.95. The van der Waals surface area contributed by atoms with Crippen molar-refractivity contribution in [3.05, 3.63) is 108 Å². The Morgan fingerprint density at radius 2 is 1.71 bits per heavy atom. The fourth-order valence-electron chi connectivity index (χ4n) is 4.81. The molecule has 3 aromatic carbocycles. The largest absolute Gasteiger partial charge is 0.506 e. The van der Waals surface area contributed by atoms with Gasteiger partial charge in [0.15, 0.2) is 0 Å². The predicted molar refractivity (Wildman–Crippen MR) is 148 cm³/mol. The third-order valence-electron chi connectivity index (χ3n) is 6.67. The number of aromatic nitrogens is 3. The van der Waals surface area contributed by atoms with Crippen LogP contribution in [0.1, 0.15) is 25.0 Å². The van der Waals surface area contributed by atoms with Crippen molar-refractivity contribution in [1.82, 2.24) is 14.5 Å². The van der Waals surface area contributed by atoms with Gasteiger partial charge in [-0.2, -0.15) is 0 Å². The maximum atomic E-state index is 10.8. The van der Waals surface area contributed by atoms with Crippen LogP contribution in [0.4, 0.5) is 0 Å². The number of para-hydroxylation sites is 2. The van der Waals surface area contributed by atoms with Crippen LogP contribution in [-0.2, 0) is 33.9 Å². The fourth-order valence-corrected chi connectivity index (χ4v) is 4.81. The van der Waals surface area contributed by atoms with Gasteiger partial charge in [-0.1, -0.05) is 55.8 Å². The molecule has 3 aromatic heterocycles. The number of benzene rings is 3. The van der Waals surface area contributed by atoms with Gasteiger partial charge >= 0.3 is 0 Å². The Bertz CT molecular complexity index is 1750. The fraction of sp³-hybridized carbons (Fsp3) is 0.125. The van der Waals surface area contributed by atoms with Crippen LogP contribution in [0.2, 0.25) is 0 Å². The minimum atomic E-state index is 0. The number of fused-ring (bicyclic) bond motifs is 3. The summed E-state index contributed by atoms with van der Waals surface area (Å²) in [6.45, 7) is 4.30. The van der Waals surface area contributed by atoms with E-state index < -0.39 is 0 Å². The summed E-state index contributed by atoms with van der Waals surface area (Å²) in [7, 11) is 0. The number of hydrogen-bond donors (Lipinski definition) is 1. The number of rotatable bonds is 6. The molecule has 0 atom stereocenters. The van der Waals surface area contributed by atoms with Crippen LogP contribution in [0, 0.1) is 6.07 Å². The van der Waals surface area contributed by atoms with Crippen LogP contribution in [0.15, 0.2) is 91.1 Å². The number of aryl methyl sites for hydroxylation is 2. The zero-order chi connectivity index (χ0) is 25.4. The monoisotopic (exact) mass is 679 g/mol. The smallest absolute Gasteiger partial charge is 0.217 e. The van der Waals surface area contributed by atoms with Crippen LogP contribution in [0.5, 0.6) is 17.4 Å². The van der Waals surface area contributed by atoms with Crippen molar-refractivity contribution < 1.29 is 30.9 Å². The van der Waals surface area contributed by atoms with E-state index in [2.05, 4.69) is 53.7 Å². The zero-order valence-electron chi connectivity index (χ0n) is 21.1. The molecule has 0 radical (unpaired) electrons. The first-order valence-electron chi connectivity index (χ1n) is 12.5. The van der Waals surface area contributed by atoms with E-state index in [0.717, 1.165) is 51.6 Å². The first kappa shape index (κ1) is 25.7. The Hall–Kier alpha value is -3.95. The second kappa shape index (κ2) is 10.8. The molecule has 3 heterocycles. The van der Waals surface area contributed by atoms with Gasteiger partial charge in [-0.25, -0.2) is 4.98 Å². The maximum absolute atomic E-state index is 10.8. The molecule has 38 heavy (non-hydrogen) atoms. The Labute approximate surface area is 236 Å². The summed E-state index contributed by atoms with van der Waals surface area (Å²) >= 11 is 0. The van der Waals surface area contributed by atoms with Gasteiger partial charge in [0.05, 0.1) is 11.2 Å². The van der Waals surface area contributed by atoms with Crippen molar-refractivity contribution in [1.29, 1.82) is 0 Å². The molecule has 0 saturated carbocycles. The third kappa shape index (κ3) is 4.59. The minimum absolute atomic E-state index is 0. The molecule has 0 amide bonds. The van der Waals surface area contributed by atoms with Crippen LogP contribution in [0.3, 0.4) is 0 Å². The van der Waals surface area contributed by atoms with Crippen LogP contribution in [-0.4, -0.2) is 19.6 Å². The molecule has 0 bridgehead atoms. The number of pyridine rings is 2. The molecule has 192 valence electrons. The molecule has 0 aliphatic carbocycles. The summed E-state index contributed by atoms with van der Waals surface area (Å²) in [6.07, 6.45) is 3.46. The molecule has 6 heteroatoms.